The molecule has 5 heteroatoms. The fourth-order valence-electron chi connectivity index (χ4n) is 1.40. The van der Waals surface area contributed by atoms with E-state index in [-0.39, 0.29) is 17.2 Å². The van der Waals surface area contributed by atoms with Crippen molar-refractivity contribution in [3.63, 3.8) is 0 Å². The van der Waals surface area contributed by atoms with Gasteiger partial charge in [0.2, 0.25) is 0 Å². The van der Waals surface area contributed by atoms with Crippen molar-refractivity contribution in [2.45, 2.75) is 20.8 Å². The summed E-state index contributed by atoms with van der Waals surface area (Å²) in [5.41, 5.74) is -0.785. The Morgan fingerprint density at radius 2 is 1.83 bits per heavy atom. The van der Waals surface area contributed by atoms with Gasteiger partial charge in [0, 0.05) is 0 Å². The van der Waals surface area contributed by atoms with Crippen LogP contribution >= 0.6 is 0 Å². The quantitative estimate of drug-likeness (QED) is 0.711. The highest BCUT2D eigenvalue weighted by molar-refractivity contribution is 6.20. The molecule has 2 amide bonds. The fourth-order valence-corrected chi connectivity index (χ4v) is 1.40. The molecule has 1 aliphatic heterocycles. The molecule has 1 aromatic rings. The number of benzene rings is 1. The van der Waals surface area contributed by atoms with E-state index in [4.69, 9.17) is 6.21 Å². The van der Waals surface area contributed by atoms with E-state index < -0.39 is 23.2 Å². The Kier molecular flexibility index (Phi) is 2.40. The number of rotatable bonds is 1. The van der Waals surface area contributed by atoms with Crippen LogP contribution in [0.3, 0.4) is 0 Å². The zero-order valence-electron chi connectivity index (χ0n) is 11.3. The van der Waals surface area contributed by atoms with E-state index in [1.807, 2.05) is 0 Å². The highest BCUT2D eigenvalue weighted by atomic mass is 16.7. The summed E-state index contributed by atoms with van der Waals surface area (Å²) < 4.78 is 7.63. The van der Waals surface area contributed by atoms with E-state index in [1.54, 1.807) is 20.8 Å². The van der Waals surface area contributed by atoms with Gasteiger partial charge < -0.3 is 4.84 Å². The van der Waals surface area contributed by atoms with Crippen molar-refractivity contribution in [2.24, 2.45) is 5.41 Å². The van der Waals surface area contributed by atoms with Crippen LogP contribution in [0.1, 0.15) is 42.9 Å². The van der Waals surface area contributed by atoms with Crippen LogP contribution in [0.5, 0.6) is 0 Å². The topological polar surface area (TPSA) is 63.7 Å². The second-order valence-corrected chi connectivity index (χ2v) is 4.99. The summed E-state index contributed by atoms with van der Waals surface area (Å²) in [7, 11) is 0. The first-order valence-corrected chi connectivity index (χ1v) is 5.44. The minimum Gasteiger partial charge on any atom is -0.329 e. The number of nitrogens with zero attached hydrogens (tertiary/aromatic N) is 1. The predicted molar refractivity (Wildman–Crippen MR) is 62.5 cm³/mol. The summed E-state index contributed by atoms with van der Waals surface area (Å²) >= 11 is 0. The molecule has 0 bridgehead atoms. The SMILES string of the molecule is [2H]c1cccc2c1C(=O)N(OC(=O)C(C)(C)C)C2=O. The van der Waals surface area contributed by atoms with Gasteiger partial charge >= 0.3 is 5.97 Å². The number of hydrogen-bond acceptors (Lipinski definition) is 4. The van der Waals surface area contributed by atoms with Gasteiger partial charge in [0.25, 0.3) is 11.8 Å². The van der Waals surface area contributed by atoms with Crippen molar-refractivity contribution < 1.29 is 20.6 Å². The van der Waals surface area contributed by atoms with Gasteiger partial charge in [0.1, 0.15) is 0 Å². The first-order chi connectivity index (χ1) is 8.73. The maximum Gasteiger partial charge on any atom is 0.338 e. The minimum atomic E-state index is -0.834. The Balaban J connectivity index is 2.34. The summed E-state index contributed by atoms with van der Waals surface area (Å²) in [6, 6.07) is 4.27. The van der Waals surface area contributed by atoms with E-state index >= 15 is 0 Å². The average Bonchev–Trinajstić information content (AvgIpc) is 2.54. The molecule has 1 aromatic carbocycles. The minimum absolute atomic E-state index is 0.0331. The predicted octanol–water partition coefficient (Wildman–Crippen LogP) is 1.79. The highest BCUT2D eigenvalue weighted by Gasteiger charge is 2.40. The number of carbonyl (C=O) groups excluding carboxylic acids is 3. The van der Waals surface area contributed by atoms with Crippen molar-refractivity contribution in [1.82, 2.24) is 5.06 Å². The normalized spacial score (nSPS) is 15.5. The lowest BCUT2D eigenvalue weighted by Gasteiger charge is -2.19. The first kappa shape index (κ1) is 11.0. The Morgan fingerprint density at radius 3 is 2.39 bits per heavy atom. The molecular formula is C13H13NO4. The Hall–Kier alpha value is -2.17. The van der Waals surface area contributed by atoms with Crippen LogP contribution in [0.2, 0.25) is 0 Å². The van der Waals surface area contributed by atoms with E-state index in [2.05, 4.69) is 0 Å². The molecule has 18 heavy (non-hydrogen) atoms. The van der Waals surface area contributed by atoms with Gasteiger partial charge in [-0.05, 0) is 32.9 Å². The molecule has 0 saturated heterocycles. The number of carbonyl (C=O) groups is 3. The van der Waals surface area contributed by atoms with Gasteiger partial charge in [-0.2, -0.15) is 0 Å². The maximum atomic E-state index is 12.0. The number of amides is 2. The van der Waals surface area contributed by atoms with E-state index in [1.165, 1.54) is 18.2 Å². The monoisotopic (exact) mass is 248 g/mol. The second kappa shape index (κ2) is 3.94. The van der Waals surface area contributed by atoms with Crippen molar-refractivity contribution in [2.75, 3.05) is 0 Å². The zero-order valence-corrected chi connectivity index (χ0v) is 10.3. The third kappa shape index (κ3) is 1.88. The van der Waals surface area contributed by atoms with Crippen molar-refractivity contribution in [1.29, 1.82) is 0 Å². The van der Waals surface area contributed by atoms with E-state index in [9.17, 15) is 14.4 Å². The van der Waals surface area contributed by atoms with Crippen LogP contribution in [0.4, 0.5) is 0 Å². The zero-order chi connectivity index (χ0) is 14.4. The standard InChI is InChI=1S/C13H13NO4/c1-13(2,3)12(17)18-14-10(15)8-6-4-5-7-9(8)11(14)16/h4-7H,1-3H3/i6D. The first-order valence-electron chi connectivity index (χ1n) is 5.94. The molecule has 0 radical (unpaired) electrons. The number of imide groups is 1. The largest absolute Gasteiger partial charge is 0.338 e. The molecule has 0 N–H and O–H groups in total. The average molecular weight is 248 g/mol. The van der Waals surface area contributed by atoms with Crippen LogP contribution < -0.4 is 0 Å². The lowest BCUT2D eigenvalue weighted by Crippen LogP contribution is -2.37. The molecular weight excluding hydrogens is 234 g/mol. The third-order valence-corrected chi connectivity index (χ3v) is 2.46. The maximum absolute atomic E-state index is 12.0. The van der Waals surface area contributed by atoms with Crippen molar-refractivity contribution >= 4 is 17.8 Å². The molecule has 0 saturated carbocycles. The summed E-state index contributed by atoms with van der Waals surface area (Å²) in [5.74, 6) is -2.18. The number of hydrogen-bond donors (Lipinski definition) is 0. The Labute approximate surface area is 106 Å². The molecule has 0 atom stereocenters. The molecule has 5 nitrogen and oxygen atoms in total. The highest BCUT2D eigenvalue weighted by Crippen LogP contribution is 2.25. The lowest BCUT2D eigenvalue weighted by molar-refractivity contribution is -0.178. The molecule has 0 aromatic heterocycles. The third-order valence-electron chi connectivity index (χ3n) is 2.46. The summed E-state index contributed by atoms with van der Waals surface area (Å²) in [6.45, 7) is 4.84. The molecule has 1 heterocycles. The molecule has 2 rings (SSSR count). The summed E-state index contributed by atoms with van der Waals surface area (Å²) in [4.78, 5) is 40.5. The summed E-state index contributed by atoms with van der Waals surface area (Å²) in [6.07, 6.45) is 0. The van der Waals surface area contributed by atoms with Gasteiger partial charge in [-0.15, -0.1) is 0 Å². The number of hydroxylamine groups is 2. The Bertz CT molecular complexity index is 589. The van der Waals surface area contributed by atoms with E-state index in [0.717, 1.165) is 0 Å². The van der Waals surface area contributed by atoms with E-state index in [0.29, 0.717) is 5.06 Å². The molecule has 0 aliphatic carbocycles. The summed E-state index contributed by atoms with van der Waals surface area (Å²) in [5, 5.41) is 0.427. The van der Waals surface area contributed by atoms with Crippen LogP contribution in [0.15, 0.2) is 24.2 Å². The molecule has 0 spiro atoms. The fraction of sp³-hybridized carbons (Fsp3) is 0.308. The van der Waals surface area contributed by atoms with Crippen LogP contribution in [0.25, 0.3) is 0 Å². The van der Waals surface area contributed by atoms with Crippen molar-refractivity contribution in [3.05, 3.63) is 35.4 Å². The smallest absolute Gasteiger partial charge is 0.329 e. The number of fused-ring (bicyclic) bond motifs is 1. The van der Waals surface area contributed by atoms with Crippen LogP contribution in [-0.2, 0) is 9.63 Å². The lowest BCUT2D eigenvalue weighted by atomic mass is 9.98. The van der Waals surface area contributed by atoms with Gasteiger partial charge in [0.15, 0.2) is 0 Å². The van der Waals surface area contributed by atoms with Gasteiger partial charge in [-0.25, -0.2) is 4.79 Å². The van der Waals surface area contributed by atoms with Crippen molar-refractivity contribution in [3.8, 4) is 0 Å². The van der Waals surface area contributed by atoms with Gasteiger partial charge in [-0.3, -0.25) is 9.59 Å². The Morgan fingerprint density at radius 1 is 1.22 bits per heavy atom. The molecule has 0 fully saturated rings. The molecule has 0 unspecified atom stereocenters. The van der Waals surface area contributed by atoms with Gasteiger partial charge in [0.05, 0.1) is 17.9 Å². The molecule has 94 valence electrons. The molecule has 1 aliphatic rings. The van der Waals surface area contributed by atoms with Gasteiger partial charge in [-0.1, -0.05) is 17.2 Å². The second-order valence-electron chi connectivity index (χ2n) is 4.99. The van der Waals surface area contributed by atoms with Crippen LogP contribution in [-0.4, -0.2) is 22.8 Å². The van der Waals surface area contributed by atoms with Crippen LogP contribution in [0, 0.1) is 5.41 Å².